The third-order valence-electron chi connectivity index (χ3n) is 5.08. The Morgan fingerprint density at radius 1 is 0.970 bits per heavy atom. The van der Waals surface area contributed by atoms with E-state index in [-0.39, 0.29) is 0 Å². The Morgan fingerprint density at radius 2 is 1.82 bits per heavy atom. The number of thiophene rings is 1. The Morgan fingerprint density at radius 3 is 2.64 bits per heavy atom. The quantitative estimate of drug-likeness (QED) is 0.229. The second kappa shape index (κ2) is 10.3. The highest BCUT2D eigenvalue weighted by Crippen LogP contribution is 2.27. The fourth-order valence-electron chi connectivity index (χ4n) is 3.43. The van der Waals surface area contributed by atoms with Gasteiger partial charge in [0.2, 0.25) is 11.7 Å². The third-order valence-corrected chi connectivity index (χ3v) is 7.24. The van der Waals surface area contributed by atoms with Crippen molar-refractivity contribution < 1.29 is 4.52 Å². The van der Waals surface area contributed by atoms with Crippen molar-refractivity contribution in [2.24, 2.45) is 0 Å². The zero-order valence-corrected chi connectivity index (χ0v) is 20.0. The highest BCUT2D eigenvalue weighted by atomic mass is 35.5. The first kappa shape index (κ1) is 21.9. The van der Waals surface area contributed by atoms with E-state index in [0.29, 0.717) is 22.5 Å². The highest BCUT2D eigenvalue weighted by Gasteiger charge is 2.17. The number of aryl methyl sites for hydroxylation is 1. The summed E-state index contributed by atoms with van der Waals surface area (Å²) in [4.78, 5) is 5.77. The van der Waals surface area contributed by atoms with Gasteiger partial charge in [-0.15, -0.1) is 21.5 Å². The number of nitrogens with zero attached hydrogens (tertiary/aromatic N) is 5. The van der Waals surface area contributed by atoms with Crippen LogP contribution in [0.4, 0.5) is 0 Å². The molecule has 0 spiro atoms. The molecule has 0 bridgehead atoms. The zero-order chi connectivity index (χ0) is 22.5. The summed E-state index contributed by atoms with van der Waals surface area (Å²) >= 11 is 9.54. The van der Waals surface area contributed by atoms with Gasteiger partial charge in [0.15, 0.2) is 5.16 Å². The molecule has 0 amide bonds. The van der Waals surface area contributed by atoms with Gasteiger partial charge in [-0.3, -0.25) is 0 Å². The maximum atomic E-state index is 6.26. The van der Waals surface area contributed by atoms with Crippen molar-refractivity contribution in [2.75, 3.05) is 0 Å². The Balaban J connectivity index is 1.33. The molecular formula is C24H20ClN5OS2. The molecule has 0 aliphatic carbocycles. The molecule has 0 fully saturated rings. The van der Waals surface area contributed by atoms with E-state index >= 15 is 0 Å². The Hall–Kier alpha value is -2.94. The molecule has 33 heavy (non-hydrogen) atoms. The van der Waals surface area contributed by atoms with Crippen molar-refractivity contribution >= 4 is 34.7 Å². The topological polar surface area (TPSA) is 69.6 Å². The van der Waals surface area contributed by atoms with E-state index in [1.54, 1.807) is 23.1 Å². The van der Waals surface area contributed by atoms with E-state index in [1.165, 1.54) is 10.4 Å². The average Bonchev–Trinajstić information content (AvgIpc) is 3.60. The Labute approximate surface area is 204 Å². The molecule has 0 atom stereocenters. The summed E-state index contributed by atoms with van der Waals surface area (Å²) in [6, 6.07) is 22.1. The molecule has 3 heterocycles. The average molecular weight is 494 g/mol. The molecular weight excluding hydrogens is 474 g/mol. The van der Waals surface area contributed by atoms with E-state index in [1.807, 2.05) is 30.3 Å². The van der Waals surface area contributed by atoms with Gasteiger partial charge in [0.1, 0.15) is 5.82 Å². The molecule has 0 saturated heterocycles. The van der Waals surface area contributed by atoms with Crippen LogP contribution in [0.5, 0.6) is 0 Å². The van der Waals surface area contributed by atoms with E-state index in [9.17, 15) is 0 Å². The molecule has 9 heteroatoms. The number of hydrogen-bond acceptors (Lipinski definition) is 7. The molecule has 5 aromatic rings. The van der Waals surface area contributed by atoms with Crippen molar-refractivity contribution in [3.63, 3.8) is 0 Å². The molecule has 0 aliphatic heterocycles. The zero-order valence-electron chi connectivity index (χ0n) is 17.6. The van der Waals surface area contributed by atoms with Crippen molar-refractivity contribution in [1.29, 1.82) is 0 Å². The normalized spacial score (nSPS) is 11.2. The van der Waals surface area contributed by atoms with Crippen LogP contribution in [0.25, 0.3) is 11.4 Å². The number of rotatable bonds is 9. The molecule has 166 valence electrons. The van der Waals surface area contributed by atoms with Gasteiger partial charge in [0, 0.05) is 23.4 Å². The van der Waals surface area contributed by atoms with Gasteiger partial charge >= 0.3 is 0 Å². The number of halogens is 1. The summed E-state index contributed by atoms with van der Waals surface area (Å²) < 4.78 is 7.66. The third kappa shape index (κ3) is 5.35. The minimum Gasteiger partial charge on any atom is -0.338 e. The lowest BCUT2D eigenvalue weighted by Crippen LogP contribution is -2.08. The molecule has 0 unspecified atom stereocenters. The minimum atomic E-state index is 0.486. The van der Waals surface area contributed by atoms with Crippen molar-refractivity contribution in [3.8, 4) is 11.4 Å². The summed E-state index contributed by atoms with van der Waals surface area (Å²) in [5.41, 5.74) is 2.04. The van der Waals surface area contributed by atoms with Gasteiger partial charge in [0.05, 0.1) is 10.8 Å². The van der Waals surface area contributed by atoms with Crippen molar-refractivity contribution in [3.05, 3.63) is 99.3 Å². The molecule has 0 aliphatic rings. The van der Waals surface area contributed by atoms with Gasteiger partial charge in [0.25, 0.3) is 0 Å². The van der Waals surface area contributed by atoms with Gasteiger partial charge in [-0.2, -0.15) is 4.98 Å². The SMILES string of the molecule is Clc1ccccc1-c1noc(CSc2nnc(Cc3cccs3)n2CCc2ccccc2)n1. The molecule has 0 saturated carbocycles. The number of benzene rings is 2. The first-order chi connectivity index (χ1) is 16.3. The van der Waals surface area contributed by atoms with Crippen molar-refractivity contribution in [2.45, 2.75) is 30.3 Å². The van der Waals surface area contributed by atoms with Crippen LogP contribution in [0.3, 0.4) is 0 Å². The van der Waals surface area contributed by atoms with Crippen LogP contribution < -0.4 is 0 Å². The maximum Gasteiger partial charge on any atom is 0.237 e. The second-order valence-electron chi connectivity index (χ2n) is 7.32. The van der Waals surface area contributed by atoms with Crippen LogP contribution in [-0.2, 0) is 25.1 Å². The van der Waals surface area contributed by atoms with E-state index in [0.717, 1.165) is 35.9 Å². The van der Waals surface area contributed by atoms with E-state index < -0.39 is 0 Å². The standard InChI is InChI=1S/C24H20ClN5OS2/c25-20-11-5-4-10-19(20)23-26-22(31-29-23)16-33-24-28-27-21(15-18-9-6-14-32-18)30(24)13-12-17-7-2-1-3-8-17/h1-11,14H,12-13,15-16H2. The lowest BCUT2D eigenvalue weighted by atomic mass is 10.1. The number of hydrogen-bond donors (Lipinski definition) is 0. The number of aromatic nitrogens is 5. The van der Waals surface area contributed by atoms with Crippen LogP contribution in [0, 0.1) is 0 Å². The van der Waals surface area contributed by atoms with Crippen LogP contribution in [-0.4, -0.2) is 24.9 Å². The first-order valence-corrected chi connectivity index (χ1v) is 12.7. The second-order valence-corrected chi connectivity index (χ2v) is 9.70. The van der Waals surface area contributed by atoms with Gasteiger partial charge < -0.3 is 9.09 Å². The van der Waals surface area contributed by atoms with Gasteiger partial charge in [-0.1, -0.05) is 77.1 Å². The summed E-state index contributed by atoms with van der Waals surface area (Å²) in [6.45, 7) is 0.800. The molecule has 3 aromatic heterocycles. The smallest absolute Gasteiger partial charge is 0.237 e. The Kier molecular flexibility index (Phi) is 6.85. The van der Waals surface area contributed by atoms with E-state index in [4.69, 9.17) is 16.1 Å². The monoisotopic (exact) mass is 493 g/mol. The molecule has 5 rings (SSSR count). The largest absolute Gasteiger partial charge is 0.338 e. The Bertz CT molecular complexity index is 1320. The lowest BCUT2D eigenvalue weighted by molar-refractivity contribution is 0.391. The van der Waals surface area contributed by atoms with Crippen LogP contribution in [0.1, 0.15) is 22.2 Å². The van der Waals surface area contributed by atoms with Crippen LogP contribution in [0.15, 0.2) is 81.8 Å². The predicted molar refractivity (Wildman–Crippen MR) is 132 cm³/mol. The van der Waals surface area contributed by atoms with Crippen LogP contribution >= 0.6 is 34.7 Å². The molecule has 6 nitrogen and oxygen atoms in total. The molecule has 0 radical (unpaired) electrons. The lowest BCUT2D eigenvalue weighted by Gasteiger charge is -2.09. The first-order valence-electron chi connectivity index (χ1n) is 10.4. The number of thioether (sulfide) groups is 1. The predicted octanol–water partition coefficient (Wildman–Crippen LogP) is 6.17. The van der Waals surface area contributed by atoms with E-state index in [2.05, 4.69) is 66.7 Å². The summed E-state index contributed by atoms with van der Waals surface area (Å²) in [5, 5.41) is 16.6. The fraction of sp³-hybridized carbons (Fsp3) is 0.167. The fourth-order valence-corrected chi connectivity index (χ4v) is 5.17. The van der Waals surface area contributed by atoms with Gasteiger partial charge in [-0.25, -0.2) is 0 Å². The summed E-state index contributed by atoms with van der Waals surface area (Å²) in [7, 11) is 0. The van der Waals surface area contributed by atoms with Gasteiger partial charge in [-0.05, 0) is 35.6 Å². The minimum absolute atomic E-state index is 0.486. The molecule has 2 aromatic carbocycles. The van der Waals surface area contributed by atoms with Crippen LogP contribution in [0.2, 0.25) is 5.02 Å². The maximum absolute atomic E-state index is 6.26. The summed E-state index contributed by atoms with van der Waals surface area (Å²) in [6.07, 6.45) is 1.67. The highest BCUT2D eigenvalue weighted by molar-refractivity contribution is 7.98. The summed E-state index contributed by atoms with van der Waals surface area (Å²) in [5.74, 6) is 2.46. The molecule has 0 N–H and O–H groups in total. The van der Waals surface area contributed by atoms with Crippen molar-refractivity contribution in [1.82, 2.24) is 24.9 Å².